The number of aromatic nitrogens is 1. The predicted octanol–water partition coefficient (Wildman–Crippen LogP) is 3.31. The predicted molar refractivity (Wildman–Crippen MR) is 76.8 cm³/mol. The summed E-state index contributed by atoms with van der Waals surface area (Å²) >= 11 is 5.87. The average Bonchev–Trinajstić information content (AvgIpc) is 2.46. The van der Waals surface area contributed by atoms with Gasteiger partial charge in [-0.1, -0.05) is 23.2 Å². The number of benzene rings is 1. The molecule has 0 saturated heterocycles. The van der Waals surface area contributed by atoms with Crippen LogP contribution in [0.4, 0.5) is 0 Å². The van der Waals surface area contributed by atoms with Crippen LogP contribution in [0.2, 0.25) is 5.15 Å². The van der Waals surface area contributed by atoms with Crippen molar-refractivity contribution in [1.82, 2.24) is 4.98 Å². The van der Waals surface area contributed by atoms with Gasteiger partial charge in [-0.3, -0.25) is 4.79 Å². The molecule has 1 aromatic heterocycles. The maximum atomic E-state index is 12.2. The number of rotatable bonds is 5. The summed E-state index contributed by atoms with van der Waals surface area (Å²) < 4.78 is 10.6. The molecule has 0 aliphatic carbocycles. The zero-order valence-electron chi connectivity index (χ0n) is 11.2. The summed E-state index contributed by atoms with van der Waals surface area (Å²) in [4.78, 5) is 16.1. The van der Waals surface area contributed by atoms with Crippen LogP contribution in [0.15, 0.2) is 36.5 Å². The van der Waals surface area contributed by atoms with Gasteiger partial charge in [-0.05, 0) is 31.2 Å². The number of carbonyl (C=O) groups excluding carboxylic acids is 1. The van der Waals surface area contributed by atoms with Crippen LogP contribution in [0.5, 0.6) is 11.5 Å². The number of pyridine rings is 1. The third-order valence-corrected chi connectivity index (χ3v) is 3.02. The highest BCUT2D eigenvalue weighted by atomic mass is 35.5. The van der Waals surface area contributed by atoms with E-state index >= 15 is 0 Å². The van der Waals surface area contributed by atoms with E-state index in [-0.39, 0.29) is 17.5 Å². The summed E-state index contributed by atoms with van der Waals surface area (Å²) in [5.74, 6) is 0.737. The minimum absolute atomic E-state index is 0.120. The number of ether oxygens (including phenoxy) is 2. The molecule has 0 radical (unpaired) electrons. The molecule has 0 unspecified atom stereocenters. The SMILES string of the molecule is COc1ccc(C)cc1C(=O)COc1cccnc1Cl. The van der Waals surface area contributed by atoms with Gasteiger partial charge in [0.25, 0.3) is 0 Å². The van der Waals surface area contributed by atoms with Gasteiger partial charge in [-0.25, -0.2) is 4.98 Å². The fourth-order valence-corrected chi connectivity index (χ4v) is 1.91. The molecule has 1 heterocycles. The molecule has 2 aromatic rings. The van der Waals surface area contributed by atoms with Crippen molar-refractivity contribution in [1.29, 1.82) is 0 Å². The number of ketones is 1. The molecule has 1 aromatic carbocycles. The maximum absolute atomic E-state index is 12.2. The molecule has 0 saturated carbocycles. The minimum atomic E-state index is -0.175. The molecule has 0 fully saturated rings. The highest BCUT2D eigenvalue weighted by molar-refractivity contribution is 6.30. The van der Waals surface area contributed by atoms with Crippen molar-refractivity contribution in [2.24, 2.45) is 0 Å². The third-order valence-electron chi connectivity index (χ3n) is 2.74. The Kier molecular flexibility index (Phi) is 4.58. The summed E-state index contributed by atoms with van der Waals surface area (Å²) in [5, 5.41) is 0.233. The van der Waals surface area contributed by atoms with E-state index in [1.807, 2.05) is 13.0 Å². The van der Waals surface area contributed by atoms with Crippen LogP contribution in [-0.2, 0) is 0 Å². The highest BCUT2D eigenvalue weighted by Crippen LogP contribution is 2.23. The normalized spacial score (nSPS) is 10.2. The van der Waals surface area contributed by atoms with Gasteiger partial charge in [0.2, 0.25) is 5.78 Å². The maximum Gasteiger partial charge on any atom is 0.203 e. The summed E-state index contributed by atoms with van der Waals surface area (Å²) in [6.07, 6.45) is 1.56. The standard InChI is InChI=1S/C15H14ClNO3/c1-10-5-6-13(19-2)11(8-10)12(18)9-20-14-4-3-7-17-15(14)16/h3-8H,9H2,1-2H3. The number of hydrogen-bond donors (Lipinski definition) is 0. The zero-order chi connectivity index (χ0) is 14.5. The molecule has 2 rings (SSSR count). The van der Waals surface area contributed by atoms with E-state index in [0.717, 1.165) is 5.56 Å². The number of Topliss-reactive ketones (excluding diaryl/α,β-unsaturated/α-hetero) is 1. The van der Waals surface area contributed by atoms with Crippen molar-refractivity contribution in [2.45, 2.75) is 6.92 Å². The lowest BCUT2D eigenvalue weighted by molar-refractivity contribution is 0.0918. The van der Waals surface area contributed by atoms with Gasteiger partial charge in [-0.15, -0.1) is 0 Å². The lowest BCUT2D eigenvalue weighted by atomic mass is 10.1. The summed E-state index contributed by atoms with van der Waals surface area (Å²) in [7, 11) is 1.53. The van der Waals surface area contributed by atoms with Gasteiger partial charge in [0, 0.05) is 6.20 Å². The largest absolute Gasteiger partial charge is 0.496 e. The molecule has 0 spiro atoms. The van der Waals surface area contributed by atoms with Crippen molar-refractivity contribution in [3.8, 4) is 11.5 Å². The lowest BCUT2D eigenvalue weighted by Gasteiger charge is -2.10. The quantitative estimate of drug-likeness (QED) is 0.626. The van der Waals surface area contributed by atoms with E-state index in [9.17, 15) is 4.79 Å². The van der Waals surface area contributed by atoms with Crippen molar-refractivity contribution >= 4 is 17.4 Å². The first-order chi connectivity index (χ1) is 9.61. The summed E-state index contributed by atoms with van der Waals surface area (Å²) in [6.45, 7) is 1.79. The van der Waals surface area contributed by atoms with Crippen LogP contribution < -0.4 is 9.47 Å². The topological polar surface area (TPSA) is 48.4 Å². The molecule has 0 atom stereocenters. The van der Waals surface area contributed by atoms with E-state index in [1.165, 1.54) is 7.11 Å². The van der Waals surface area contributed by atoms with E-state index in [4.69, 9.17) is 21.1 Å². The molecule has 5 heteroatoms. The van der Waals surface area contributed by atoms with E-state index in [0.29, 0.717) is 17.1 Å². The van der Waals surface area contributed by atoms with Crippen LogP contribution in [0.25, 0.3) is 0 Å². The number of aryl methyl sites for hydroxylation is 1. The zero-order valence-corrected chi connectivity index (χ0v) is 12.0. The highest BCUT2D eigenvalue weighted by Gasteiger charge is 2.14. The Bertz CT molecular complexity index is 628. The van der Waals surface area contributed by atoms with Crippen LogP contribution in [0.3, 0.4) is 0 Å². The van der Waals surface area contributed by atoms with Gasteiger partial charge in [0.1, 0.15) is 5.75 Å². The molecule has 0 N–H and O–H groups in total. The van der Waals surface area contributed by atoms with Gasteiger partial charge in [0.05, 0.1) is 12.7 Å². The molecule has 20 heavy (non-hydrogen) atoms. The average molecular weight is 292 g/mol. The molecule has 4 nitrogen and oxygen atoms in total. The van der Waals surface area contributed by atoms with Crippen molar-refractivity contribution < 1.29 is 14.3 Å². The van der Waals surface area contributed by atoms with Crippen LogP contribution in [0, 0.1) is 6.92 Å². The van der Waals surface area contributed by atoms with Crippen LogP contribution in [-0.4, -0.2) is 24.5 Å². The monoisotopic (exact) mass is 291 g/mol. The number of methoxy groups -OCH3 is 1. The Hall–Kier alpha value is -2.07. The summed E-state index contributed by atoms with van der Waals surface area (Å²) in [6, 6.07) is 8.78. The minimum Gasteiger partial charge on any atom is -0.496 e. The van der Waals surface area contributed by atoms with E-state index in [2.05, 4.69) is 4.98 Å². The second kappa shape index (κ2) is 6.39. The van der Waals surface area contributed by atoms with Crippen molar-refractivity contribution in [3.05, 3.63) is 52.8 Å². The van der Waals surface area contributed by atoms with Crippen LogP contribution >= 0.6 is 11.6 Å². The molecule has 104 valence electrons. The van der Waals surface area contributed by atoms with Gasteiger partial charge in [-0.2, -0.15) is 0 Å². The number of hydrogen-bond acceptors (Lipinski definition) is 4. The second-order valence-corrected chi connectivity index (χ2v) is 4.57. The Balaban J connectivity index is 2.13. The second-order valence-electron chi connectivity index (χ2n) is 4.21. The van der Waals surface area contributed by atoms with Crippen molar-refractivity contribution in [2.75, 3.05) is 13.7 Å². The van der Waals surface area contributed by atoms with E-state index in [1.54, 1.807) is 30.5 Å². The third kappa shape index (κ3) is 3.27. The van der Waals surface area contributed by atoms with Crippen molar-refractivity contribution in [3.63, 3.8) is 0 Å². The molecule has 0 amide bonds. The first-order valence-electron chi connectivity index (χ1n) is 6.03. The first-order valence-corrected chi connectivity index (χ1v) is 6.40. The lowest BCUT2D eigenvalue weighted by Crippen LogP contribution is -2.13. The van der Waals surface area contributed by atoms with Crippen LogP contribution in [0.1, 0.15) is 15.9 Å². The number of nitrogens with zero attached hydrogens (tertiary/aromatic N) is 1. The van der Waals surface area contributed by atoms with Gasteiger partial charge < -0.3 is 9.47 Å². The molecular formula is C15H14ClNO3. The number of carbonyl (C=O) groups is 1. The molecule has 0 aliphatic heterocycles. The van der Waals surface area contributed by atoms with Gasteiger partial charge >= 0.3 is 0 Å². The Morgan fingerprint density at radius 1 is 1.30 bits per heavy atom. The molecule has 0 bridgehead atoms. The fraction of sp³-hybridized carbons (Fsp3) is 0.200. The summed E-state index contributed by atoms with van der Waals surface area (Å²) in [5.41, 5.74) is 1.47. The molecular weight excluding hydrogens is 278 g/mol. The van der Waals surface area contributed by atoms with E-state index < -0.39 is 0 Å². The Labute approximate surface area is 122 Å². The first kappa shape index (κ1) is 14.3. The fourth-order valence-electron chi connectivity index (χ4n) is 1.74. The Morgan fingerprint density at radius 2 is 2.10 bits per heavy atom. The molecule has 0 aliphatic rings. The number of halogens is 1. The smallest absolute Gasteiger partial charge is 0.203 e. The van der Waals surface area contributed by atoms with Gasteiger partial charge in [0.15, 0.2) is 17.5 Å². The Morgan fingerprint density at radius 3 is 2.80 bits per heavy atom.